The van der Waals surface area contributed by atoms with Crippen LogP contribution in [0.4, 0.5) is 15.9 Å². The van der Waals surface area contributed by atoms with Gasteiger partial charge >= 0.3 is 6.01 Å². The highest BCUT2D eigenvalue weighted by Crippen LogP contribution is 2.44. The third-order valence-corrected chi connectivity index (χ3v) is 7.16. The van der Waals surface area contributed by atoms with Crippen molar-refractivity contribution < 1.29 is 13.9 Å². The van der Waals surface area contributed by atoms with Crippen LogP contribution in [-0.2, 0) is 11.8 Å². The van der Waals surface area contributed by atoms with Crippen molar-refractivity contribution in [3.05, 3.63) is 77.7 Å². The van der Waals surface area contributed by atoms with E-state index in [4.69, 9.17) is 22.1 Å². The molecule has 1 aliphatic rings. The first-order valence-corrected chi connectivity index (χ1v) is 13.1. The maximum Gasteiger partial charge on any atom is 0.322 e. The molecule has 0 bridgehead atoms. The summed E-state index contributed by atoms with van der Waals surface area (Å²) in [5.74, 6) is -0.517. The Morgan fingerprint density at radius 3 is 2.71 bits per heavy atom. The number of nitrogens with one attached hydrogen (secondary N) is 1. The zero-order chi connectivity index (χ0) is 28.8. The molecule has 5 aromatic rings. The van der Waals surface area contributed by atoms with E-state index < -0.39 is 5.82 Å². The SMILES string of the molecule is C=C(C(=O)Nc1cnc(-c2c(-c3ccc(Oc4nccc(C)n4)c(F)c3)c3c(N)ncnc3n2C)c(Cl)c1)C1CC1. The molecule has 4 heterocycles. The monoisotopic (exact) mass is 570 g/mol. The van der Waals surface area contributed by atoms with Crippen molar-refractivity contribution in [1.82, 2.24) is 29.5 Å². The van der Waals surface area contributed by atoms with Gasteiger partial charge in [-0.25, -0.2) is 24.3 Å². The van der Waals surface area contributed by atoms with Crippen molar-refractivity contribution in [2.45, 2.75) is 19.8 Å². The van der Waals surface area contributed by atoms with E-state index in [2.05, 4.69) is 36.8 Å². The molecule has 12 heteroatoms. The molecule has 3 N–H and O–H groups in total. The van der Waals surface area contributed by atoms with Gasteiger partial charge in [-0.15, -0.1) is 0 Å². The zero-order valence-corrected chi connectivity index (χ0v) is 22.9. The Morgan fingerprint density at radius 2 is 2.00 bits per heavy atom. The summed E-state index contributed by atoms with van der Waals surface area (Å²) in [5, 5.41) is 3.58. The van der Waals surface area contributed by atoms with Crippen molar-refractivity contribution in [2.24, 2.45) is 13.0 Å². The van der Waals surface area contributed by atoms with E-state index in [-0.39, 0.29) is 34.4 Å². The standard InChI is InChI=1S/C29H24ClFN8O2/c1-14-8-9-33-29(37-14)41-21-7-6-17(10-20(21)31)22-23-26(32)35-13-36-27(23)39(3)25(22)24-19(30)11-18(12-34-24)38-28(40)15(2)16-4-5-16/h6-13,16H,2,4-5H2,1,3H3,(H,38,40)(H2,32,35,36). The molecule has 41 heavy (non-hydrogen) atoms. The number of halogens is 2. The van der Waals surface area contributed by atoms with Crippen LogP contribution in [0, 0.1) is 18.7 Å². The molecule has 1 fully saturated rings. The van der Waals surface area contributed by atoms with Crippen LogP contribution in [0.15, 0.2) is 61.2 Å². The van der Waals surface area contributed by atoms with Gasteiger partial charge < -0.3 is 20.4 Å². The smallest absolute Gasteiger partial charge is 0.322 e. The van der Waals surface area contributed by atoms with E-state index in [0.29, 0.717) is 50.5 Å². The molecule has 0 spiro atoms. The lowest BCUT2D eigenvalue weighted by Crippen LogP contribution is -2.15. The molecule has 1 aromatic carbocycles. The van der Waals surface area contributed by atoms with Crippen molar-refractivity contribution in [1.29, 1.82) is 0 Å². The Bertz CT molecular complexity index is 1870. The Labute approximate surface area is 239 Å². The topological polar surface area (TPSA) is 134 Å². The number of aromatic nitrogens is 6. The fourth-order valence-corrected chi connectivity index (χ4v) is 4.91. The summed E-state index contributed by atoms with van der Waals surface area (Å²) >= 11 is 6.74. The van der Waals surface area contributed by atoms with Gasteiger partial charge in [0.1, 0.15) is 23.5 Å². The fraction of sp³-hybridized carbons (Fsp3) is 0.172. The molecule has 1 amide bonds. The number of nitrogens with zero attached hydrogens (tertiary/aromatic N) is 6. The highest BCUT2D eigenvalue weighted by molar-refractivity contribution is 6.33. The summed E-state index contributed by atoms with van der Waals surface area (Å²) in [6, 6.07) is 7.85. The number of pyridine rings is 1. The minimum Gasteiger partial charge on any atom is -0.421 e. The Morgan fingerprint density at radius 1 is 1.20 bits per heavy atom. The largest absolute Gasteiger partial charge is 0.421 e. The zero-order valence-electron chi connectivity index (χ0n) is 22.2. The Kier molecular flexibility index (Phi) is 6.58. The number of carbonyl (C=O) groups excluding carboxylic acids is 1. The molecular weight excluding hydrogens is 547 g/mol. The Balaban J connectivity index is 1.43. The molecule has 0 unspecified atom stereocenters. The molecule has 4 aromatic heterocycles. The number of aryl methyl sites for hydroxylation is 2. The van der Waals surface area contributed by atoms with Crippen LogP contribution in [-0.4, -0.2) is 35.4 Å². The number of benzene rings is 1. The molecule has 0 atom stereocenters. The maximum absolute atomic E-state index is 15.4. The van der Waals surface area contributed by atoms with E-state index >= 15 is 4.39 Å². The first-order chi connectivity index (χ1) is 19.7. The quantitative estimate of drug-likeness (QED) is 0.232. The predicted molar refractivity (Wildman–Crippen MR) is 154 cm³/mol. The lowest BCUT2D eigenvalue weighted by Gasteiger charge is -2.13. The highest BCUT2D eigenvalue weighted by Gasteiger charge is 2.29. The third-order valence-electron chi connectivity index (χ3n) is 6.88. The molecule has 1 aliphatic carbocycles. The molecule has 10 nitrogen and oxygen atoms in total. The molecule has 6 rings (SSSR count). The number of amides is 1. The van der Waals surface area contributed by atoms with Crippen LogP contribution in [0.1, 0.15) is 18.5 Å². The maximum atomic E-state index is 15.4. The van der Waals surface area contributed by atoms with Crippen molar-refractivity contribution >= 4 is 40.0 Å². The van der Waals surface area contributed by atoms with Crippen LogP contribution in [0.25, 0.3) is 33.5 Å². The first-order valence-electron chi connectivity index (χ1n) is 12.7. The average Bonchev–Trinajstić information content (AvgIpc) is 3.74. The summed E-state index contributed by atoms with van der Waals surface area (Å²) in [4.78, 5) is 33.9. The van der Waals surface area contributed by atoms with Gasteiger partial charge in [-0.2, -0.15) is 0 Å². The van der Waals surface area contributed by atoms with Crippen molar-refractivity contribution in [3.63, 3.8) is 0 Å². The summed E-state index contributed by atoms with van der Waals surface area (Å²) in [5.41, 5.74) is 10.4. The molecule has 0 radical (unpaired) electrons. The predicted octanol–water partition coefficient (Wildman–Crippen LogP) is 5.87. The number of hydrogen-bond donors (Lipinski definition) is 2. The Hall–Kier alpha value is -4.90. The van der Waals surface area contributed by atoms with E-state index in [1.54, 1.807) is 36.7 Å². The second-order valence-corrected chi connectivity index (χ2v) is 10.2. The number of hydrogen-bond acceptors (Lipinski definition) is 8. The van der Waals surface area contributed by atoms with Crippen LogP contribution in [0.2, 0.25) is 5.02 Å². The van der Waals surface area contributed by atoms with E-state index in [1.807, 2.05) is 0 Å². The van der Waals surface area contributed by atoms with Gasteiger partial charge in [0.05, 0.1) is 28.0 Å². The summed E-state index contributed by atoms with van der Waals surface area (Å²) in [7, 11) is 1.78. The van der Waals surface area contributed by atoms with Gasteiger partial charge in [0.15, 0.2) is 11.6 Å². The second-order valence-electron chi connectivity index (χ2n) is 9.78. The number of anilines is 2. The van der Waals surface area contributed by atoms with Crippen LogP contribution >= 0.6 is 11.6 Å². The third kappa shape index (κ3) is 4.95. The second kappa shape index (κ2) is 10.3. The van der Waals surface area contributed by atoms with Crippen LogP contribution < -0.4 is 15.8 Å². The molecule has 0 saturated heterocycles. The van der Waals surface area contributed by atoms with E-state index in [1.165, 1.54) is 30.9 Å². The van der Waals surface area contributed by atoms with Crippen molar-refractivity contribution in [2.75, 3.05) is 11.1 Å². The van der Waals surface area contributed by atoms with Gasteiger partial charge in [-0.3, -0.25) is 9.78 Å². The lowest BCUT2D eigenvalue weighted by atomic mass is 10.0. The number of rotatable bonds is 7. The fourth-order valence-electron chi connectivity index (χ4n) is 4.66. The van der Waals surface area contributed by atoms with E-state index in [0.717, 1.165) is 12.8 Å². The molecule has 0 aliphatic heterocycles. The van der Waals surface area contributed by atoms with Gasteiger partial charge in [0.2, 0.25) is 0 Å². The number of nitrogen functional groups attached to an aromatic ring is 1. The minimum atomic E-state index is -0.640. The lowest BCUT2D eigenvalue weighted by molar-refractivity contribution is -0.113. The first kappa shape index (κ1) is 26.3. The van der Waals surface area contributed by atoms with Crippen LogP contribution in [0.3, 0.4) is 0 Å². The van der Waals surface area contributed by atoms with Gasteiger partial charge in [-0.05, 0) is 55.5 Å². The molecule has 1 saturated carbocycles. The number of ether oxygens (including phenoxy) is 1. The number of fused-ring (bicyclic) bond motifs is 1. The normalized spacial score (nSPS) is 12.9. The van der Waals surface area contributed by atoms with Gasteiger partial charge in [0, 0.05) is 30.1 Å². The van der Waals surface area contributed by atoms with Crippen molar-refractivity contribution in [3.8, 4) is 34.3 Å². The summed E-state index contributed by atoms with van der Waals surface area (Å²) in [6.45, 7) is 5.67. The van der Waals surface area contributed by atoms with Crippen LogP contribution in [0.5, 0.6) is 11.8 Å². The minimum absolute atomic E-state index is 0.0315. The summed E-state index contributed by atoms with van der Waals surface area (Å²) < 4.78 is 22.8. The molecule has 206 valence electrons. The summed E-state index contributed by atoms with van der Waals surface area (Å²) in [6.07, 6.45) is 6.33. The highest BCUT2D eigenvalue weighted by atomic mass is 35.5. The molecular formula is C29H24ClFN8O2. The average molecular weight is 571 g/mol. The number of nitrogens with two attached hydrogens (primary N) is 1. The van der Waals surface area contributed by atoms with E-state index in [9.17, 15) is 4.79 Å². The number of carbonyl (C=O) groups is 1. The van der Waals surface area contributed by atoms with Gasteiger partial charge in [0.25, 0.3) is 5.91 Å². The van der Waals surface area contributed by atoms with Gasteiger partial charge in [-0.1, -0.05) is 24.2 Å².